The van der Waals surface area contributed by atoms with Gasteiger partial charge in [0.1, 0.15) is 17.2 Å². The van der Waals surface area contributed by atoms with Crippen LogP contribution in [-0.4, -0.2) is 25.2 Å². The number of rotatable bonds is 2. The minimum Gasteiger partial charge on any atom is -0.508 e. The number of fused-ring (bicyclic) bond motifs is 1. The van der Waals surface area contributed by atoms with E-state index in [2.05, 4.69) is 25.2 Å². The lowest BCUT2D eigenvalue weighted by Gasteiger charge is -2.04. The smallest absolute Gasteiger partial charge is 0.275 e. The zero-order chi connectivity index (χ0) is 15.7. The van der Waals surface area contributed by atoms with Gasteiger partial charge in [0.2, 0.25) is 11.9 Å². The average Bonchev–Trinajstić information content (AvgIpc) is 2.45. The molecule has 0 fully saturated rings. The number of aromatic nitrogens is 3. The van der Waals surface area contributed by atoms with E-state index in [0.717, 1.165) is 5.39 Å². The van der Waals surface area contributed by atoms with E-state index in [9.17, 15) is 10.2 Å². The number of benzene rings is 2. The van der Waals surface area contributed by atoms with Gasteiger partial charge < -0.3 is 21.7 Å². The Balaban J connectivity index is 2.11. The summed E-state index contributed by atoms with van der Waals surface area (Å²) < 4.78 is 0. The number of phenolic OH excluding ortho intramolecular Hbond substituents is 2. The zero-order valence-electron chi connectivity index (χ0n) is 11.2. The van der Waals surface area contributed by atoms with Crippen LogP contribution in [0, 0.1) is 0 Å². The molecule has 0 amide bonds. The largest absolute Gasteiger partial charge is 0.508 e. The van der Waals surface area contributed by atoms with Crippen molar-refractivity contribution in [2.24, 2.45) is 10.2 Å². The SMILES string of the molecule is Nc1nc(N)nc(/N=N/c2c(O)ccc3ccc(O)cc23)n1. The monoisotopic (exact) mass is 297 g/mol. The molecule has 6 N–H and O–H groups in total. The van der Waals surface area contributed by atoms with Crippen molar-refractivity contribution in [1.29, 1.82) is 0 Å². The summed E-state index contributed by atoms with van der Waals surface area (Å²) in [4.78, 5) is 11.1. The lowest BCUT2D eigenvalue weighted by Crippen LogP contribution is -2.01. The van der Waals surface area contributed by atoms with Crippen molar-refractivity contribution < 1.29 is 10.2 Å². The molecule has 1 heterocycles. The van der Waals surface area contributed by atoms with Crippen LogP contribution >= 0.6 is 0 Å². The lowest BCUT2D eigenvalue weighted by molar-refractivity contribution is 0.475. The first-order valence-corrected chi connectivity index (χ1v) is 6.16. The molecule has 3 aromatic rings. The highest BCUT2D eigenvalue weighted by atomic mass is 16.3. The van der Waals surface area contributed by atoms with Crippen molar-refractivity contribution in [3.05, 3.63) is 30.3 Å². The van der Waals surface area contributed by atoms with Crippen LogP contribution in [0.15, 0.2) is 40.6 Å². The maximum atomic E-state index is 9.95. The van der Waals surface area contributed by atoms with Crippen LogP contribution < -0.4 is 11.5 Å². The summed E-state index contributed by atoms with van der Waals surface area (Å²) in [7, 11) is 0. The third-order valence-corrected chi connectivity index (χ3v) is 2.85. The van der Waals surface area contributed by atoms with Crippen molar-refractivity contribution in [3.63, 3.8) is 0 Å². The molecule has 0 aliphatic rings. The second kappa shape index (κ2) is 5.13. The minimum atomic E-state index is -0.100. The van der Waals surface area contributed by atoms with Gasteiger partial charge >= 0.3 is 0 Å². The van der Waals surface area contributed by atoms with Crippen LogP contribution in [0.3, 0.4) is 0 Å². The summed E-state index contributed by atoms with van der Waals surface area (Å²) in [6, 6.07) is 7.88. The Morgan fingerprint density at radius 3 is 2.27 bits per heavy atom. The molecule has 0 atom stereocenters. The van der Waals surface area contributed by atoms with E-state index >= 15 is 0 Å². The van der Waals surface area contributed by atoms with Gasteiger partial charge in [-0.05, 0) is 23.6 Å². The topological polar surface area (TPSA) is 156 Å². The Labute approximate surface area is 124 Å². The van der Waals surface area contributed by atoms with Gasteiger partial charge in [-0.3, -0.25) is 0 Å². The van der Waals surface area contributed by atoms with Gasteiger partial charge in [0.05, 0.1) is 0 Å². The quantitative estimate of drug-likeness (QED) is 0.527. The summed E-state index contributed by atoms with van der Waals surface area (Å²) in [5.74, 6) is -0.302. The summed E-state index contributed by atoms with van der Waals surface area (Å²) in [6.07, 6.45) is 0. The highest BCUT2D eigenvalue weighted by Crippen LogP contribution is 2.37. The fourth-order valence-electron chi connectivity index (χ4n) is 1.92. The van der Waals surface area contributed by atoms with Gasteiger partial charge in [0, 0.05) is 5.39 Å². The number of nitrogen functional groups attached to an aromatic ring is 2. The fraction of sp³-hybridized carbons (Fsp3) is 0. The Bertz CT molecular complexity index is 869. The molecule has 0 radical (unpaired) electrons. The number of nitrogens with zero attached hydrogens (tertiary/aromatic N) is 5. The number of phenols is 2. The molecule has 9 heteroatoms. The molecular weight excluding hydrogens is 286 g/mol. The van der Waals surface area contributed by atoms with Crippen molar-refractivity contribution in [2.45, 2.75) is 0 Å². The molecule has 2 aromatic carbocycles. The molecule has 0 saturated carbocycles. The third-order valence-electron chi connectivity index (χ3n) is 2.85. The zero-order valence-corrected chi connectivity index (χ0v) is 11.2. The second-order valence-corrected chi connectivity index (χ2v) is 4.39. The van der Waals surface area contributed by atoms with Crippen LogP contribution in [0.1, 0.15) is 0 Å². The first kappa shape index (κ1) is 13.5. The number of nitrogens with two attached hydrogens (primary N) is 2. The Hall–Kier alpha value is -3.49. The van der Waals surface area contributed by atoms with Gasteiger partial charge in [-0.2, -0.15) is 15.0 Å². The molecule has 22 heavy (non-hydrogen) atoms. The van der Waals surface area contributed by atoms with E-state index < -0.39 is 0 Å². The molecule has 110 valence electrons. The Morgan fingerprint density at radius 1 is 0.864 bits per heavy atom. The van der Waals surface area contributed by atoms with Crippen LogP contribution in [0.25, 0.3) is 10.8 Å². The van der Waals surface area contributed by atoms with Gasteiger partial charge in [0.25, 0.3) is 5.95 Å². The van der Waals surface area contributed by atoms with Crippen LogP contribution in [0.5, 0.6) is 11.5 Å². The van der Waals surface area contributed by atoms with E-state index in [4.69, 9.17) is 11.5 Å². The number of anilines is 2. The summed E-state index contributed by atoms with van der Waals surface area (Å²) >= 11 is 0. The highest BCUT2D eigenvalue weighted by molar-refractivity contribution is 5.96. The summed E-state index contributed by atoms with van der Waals surface area (Å²) in [6.45, 7) is 0. The highest BCUT2D eigenvalue weighted by Gasteiger charge is 2.08. The summed E-state index contributed by atoms with van der Waals surface area (Å²) in [5.41, 5.74) is 11.1. The Morgan fingerprint density at radius 2 is 1.55 bits per heavy atom. The van der Waals surface area contributed by atoms with Crippen molar-refractivity contribution in [2.75, 3.05) is 11.5 Å². The molecular formula is C13H11N7O2. The van der Waals surface area contributed by atoms with Crippen molar-refractivity contribution >= 4 is 34.3 Å². The fourth-order valence-corrected chi connectivity index (χ4v) is 1.92. The number of aromatic hydroxyl groups is 2. The molecule has 0 spiro atoms. The van der Waals surface area contributed by atoms with E-state index in [0.29, 0.717) is 5.39 Å². The predicted molar refractivity (Wildman–Crippen MR) is 80.1 cm³/mol. The van der Waals surface area contributed by atoms with E-state index in [1.54, 1.807) is 12.1 Å². The van der Waals surface area contributed by atoms with Gasteiger partial charge in [-0.1, -0.05) is 12.1 Å². The number of azo groups is 1. The standard InChI is InChI=1S/C13H11N7O2/c14-11-16-12(15)18-13(17-11)20-19-10-8-5-7(21)3-1-6(8)2-4-9(10)22/h1-5,21-22H,(H4,14,15,16,17,18)/b20-19+. The van der Waals surface area contributed by atoms with Crippen LogP contribution in [0.4, 0.5) is 23.5 Å². The molecule has 1 aromatic heterocycles. The molecule has 0 unspecified atom stereocenters. The predicted octanol–water partition coefficient (Wildman–Crippen LogP) is 2.02. The van der Waals surface area contributed by atoms with Gasteiger partial charge in [0.15, 0.2) is 0 Å². The van der Waals surface area contributed by atoms with Crippen molar-refractivity contribution in [1.82, 2.24) is 15.0 Å². The summed E-state index contributed by atoms with van der Waals surface area (Å²) in [5, 5.41) is 28.6. The number of hydrogen-bond donors (Lipinski definition) is 4. The average molecular weight is 297 g/mol. The molecule has 3 rings (SSSR count). The minimum absolute atomic E-state index is 0.0446. The molecule has 0 aliphatic heterocycles. The van der Waals surface area contributed by atoms with Gasteiger partial charge in [-0.25, -0.2) is 0 Å². The maximum Gasteiger partial charge on any atom is 0.275 e. The maximum absolute atomic E-state index is 9.95. The Kier molecular flexibility index (Phi) is 3.14. The molecule has 9 nitrogen and oxygen atoms in total. The first-order chi connectivity index (χ1) is 10.5. The van der Waals surface area contributed by atoms with E-state index in [1.807, 2.05) is 0 Å². The van der Waals surface area contributed by atoms with Crippen LogP contribution in [0.2, 0.25) is 0 Å². The lowest BCUT2D eigenvalue weighted by atomic mass is 10.1. The molecule has 0 aliphatic carbocycles. The van der Waals surface area contributed by atoms with Crippen molar-refractivity contribution in [3.8, 4) is 11.5 Å². The third kappa shape index (κ3) is 2.54. The van der Waals surface area contributed by atoms with E-state index in [-0.39, 0.29) is 35.0 Å². The first-order valence-electron chi connectivity index (χ1n) is 6.16. The normalized spacial score (nSPS) is 11.3. The molecule has 0 saturated heterocycles. The van der Waals surface area contributed by atoms with Gasteiger partial charge in [-0.15, -0.1) is 10.2 Å². The van der Waals surface area contributed by atoms with E-state index in [1.165, 1.54) is 18.2 Å². The second-order valence-electron chi connectivity index (χ2n) is 4.39. The molecule has 0 bridgehead atoms. The van der Waals surface area contributed by atoms with Crippen LogP contribution in [-0.2, 0) is 0 Å². The number of hydrogen-bond acceptors (Lipinski definition) is 9.